The van der Waals surface area contributed by atoms with Crippen LogP contribution >= 0.6 is 0 Å². The van der Waals surface area contributed by atoms with Gasteiger partial charge in [-0.15, -0.1) is 0 Å². The Labute approximate surface area is 131 Å². The molecular weight excluding hydrogens is 276 g/mol. The van der Waals surface area contributed by atoms with E-state index in [9.17, 15) is 9.59 Å². The van der Waals surface area contributed by atoms with Gasteiger partial charge in [0, 0.05) is 19.6 Å². The summed E-state index contributed by atoms with van der Waals surface area (Å²) < 4.78 is 0. The van der Waals surface area contributed by atoms with E-state index in [1.165, 1.54) is 0 Å². The minimum atomic E-state index is -0.768. The number of rotatable bonds is 4. The fourth-order valence-electron chi connectivity index (χ4n) is 3.12. The number of hydrogen-bond acceptors (Lipinski definition) is 2. The highest BCUT2D eigenvalue weighted by atomic mass is 16.2. The van der Waals surface area contributed by atoms with Crippen molar-refractivity contribution in [2.24, 2.45) is 11.3 Å². The molecule has 118 valence electrons. The van der Waals surface area contributed by atoms with Gasteiger partial charge in [-0.1, -0.05) is 37.3 Å². The van der Waals surface area contributed by atoms with Gasteiger partial charge in [0.25, 0.3) is 0 Å². The molecule has 2 fully saturated rings. The average molecular weight is 300 g/mol. The van der Waals surface area contributed by atoms with Gasteiger partial charge in [-0.2, -0.15) is 0 Å². The van der Waals surface area contributed by atoms with Crippen LogP contribution in [0.5, 0.6) is 0 Å². The number of amides is 2. The number of hydrogen-bond donors (Lipinski definition) is 1. The second-order valence-electron chi connectivity index (χ2n) is 6.73. The molecule has 0 spiro atoms. The molecule has 1 saturated carbocycles. The van der Waals surface area contributed by atoms with Gasteiger partial charge in [-0.05, 0) is 37.2 Å². The van der Waals surface area contributed by atoms with Crippen molar-refractivity contribution in [3.05, 3.63) is 35.9 Å². The maximum Gasteiger partial charge on any atom is 0.238 e. The Balaban J connectivity index is 1.58. The summed E-state index contributed by atoms with van der Waals surface area (Å²) >= 11 is 0. The van der Waals surface area contributed by atoms with Crippen molar-refractivity contribution in [1.29, 1.82) is 0 Å². The van der Waals surface area contributed by atoms with Crippen LogP contribution in [0.15, 0.2) is 30.3 Å². The van der Waals surface area contributed by atoms with Gasteiger partial charge >= 0.3 is 0 Å². The van der Waals surface area contributed by atoms with E-state index in [4.69, 9.17) is 0 Å². The maximum atomic E-state index is 12.7. The Bertz CT molecular complexity index is 543. The lowest BCUT2D eigenvalue weighted by Gasteiger charge is -2.32. The first kappa shape index (κ1) is 15.1. The number of nitrogens with one attached hydrogen (secondary N) is 1. The van der Waals surface area contributed by atoms with Crippen LogP contribution in [0, 0.1) is 11.3 Å². The quantitative estimate of drug-likeness (QED) is 0.868. The van der Waals surface area contributed by atoms with Crippen molar-refractivity contribution in [1.82, 2.24) is 10.2 Å². The molecule has 1 N–H and O–H groups in total. The highest BCUT2D eigenvalue weighted by Crippen LogP contribution is 2.48. The fraction of sp³-hybridized carbons (Fsp3) is 0.556. The van der Waals surface area contributed by atoms with Crippen molar-refractivity contribution >= 4 is 11.8 Å². The normalized spacial score (nSPS) is 20.5. The minimum Gasteiger partial charge on any atom is -0.351 e. The third kappa shape index (κ3) is 3.01. The number of piperidine rings is 1. The molecule has 0 unspecified atom stereocenters. The first-order chi connectivity index (χ1) is 10.6. The lowest BCUT2D eigenvalue weighted by atomic mass is 9.96. The molecule has 1 aromatic carbocycles. The van der Waals surface area contributed by atoms with E-state index in [2.05, 4.69) is 12.2 Å². The van der Waals surface area contributed by atoms with Gasteiger partial charge in [-0.25, -0.2) is 0 Å². The van der Waals surface area contributed by atoms with Crippen molar-refractivity contribution in [2.75, 3.05) is 13.1 Å². The van der Waals surface area contributed by atoms with Gasteiger partial charge in [0.2, 0.25) is 11.8 Å². The summed E-state index contributed by atoms with van der Waals surface area (Å²) in [6.07, 6.45) is 3.48. The Morgan fingerprint density at radius 2 is 1.82 bits per heavy atom. The van der Waals surface area contributed by atoms with Crippen LogP contribution < -0.4 is 5.32 Å². The Kier molecular flexibility index (Phi) is 4.19. The number of nitrogens with zero attached hydrogens (tertiary/aromatic N) is 1. The van der Waals surface area contributed by atoms with Gasteiger partial charge in [0.15, 0.2) is 0 Å². The Morgan fingerprint density at radius 3 is 2.41 bits per heavy atom. The molecule has 4 nitrogen and oxygen atoms in total. The predicted octanol–water partition coefficient (Wildman–Crippen LogP) is 2.34. The summed E-state index contributed by atoms with van der Waals surface area (Å²) in [6.45, 7) is 4.31. The SMILES string of the molecule is CC1CCN(C(=O)C2(C(=O)NCc3ccccc3)CC2)CC1. The lowest BCUT2D eigenvalue weighted by Crippen LogP contribution is -2.47. The molecule has 22 heavy (non-hydrogen) atoms. The molecule has 0 radical (unpaired) electrons. The highest BCUT2D eigenvalue weighted by molar-refractivity contribution is 6.07. The van der Waals surface area contributed by atoms with Crippen molar-refractivity contribution in [3.8, 4) is 0 Å². The molecule has 1 aliphatic heterocycles. The number of likely N-dealkylation sites (tertiary alicyclic amines) is 1. The van der Waals surface area contributed by atoms with Crippen LogP contribution in [-0.2, 0) is 16.1 Å². The van der Waals surface area contributed by atoms with Crippen molar-refractivity contribution in [3.63, 3.8) is 0 Å². The van der Waals surface area contributed by atoms with Crippen LogP contribution in [0.4, 0.5) is 0 Å². The number of carbonyl (C=O) groups is 2. The summed E-state index contributed by atoms with van der Waals surface area (Å²) in [6, 6.07) is 9.82. The monoisotopic (exact) mass is 300 g/mol. The smallest absolute Gasteiger partial charge is 0.238 e. The first-order valence-corrected chi connectivity index (χ1v) is 8.23. The number of benzene rings is 1. The van der Waals surface area contributed by atoms with E-state index in [1.807, 2.05) is 35.2 Å². The topological polar surface area (TPSA) is 49.4 Å². The van der Waals surface area contributed by atoms with E-state index in [-0.39, 0.29) is 11.8 Å². The molecule has 1 aliphatic carbocycles. The van der Waals surface area contributed by atoms with Crippen molar-refractivity contribution in [2.45, 2.75) is 39.2 Å². The van der Waals surface area contributed by atoms with Crippen molar-refractivity contribution < 1.29 is 9.59 Å². The predicted molar refractivity (Wildman–Crippen MR) is 84.9 cm³/mol. The molecule has 4 heteroatoms. The zero-order valence-corrected chi connectivity index (χ0v) is 13.2. The van der Waals surface area contributed by atoms with Crippen LogP contribution in [0.3, 0.4) is 0 Å². The molecule has 1 heterocycles. The Hall–Kier alpha value is -1.84. The van der Waals surface area contributed by atoms with E-state index >= 15 is 0 Å². The van der Waals surface area contributed by atoms with Crippen LogP contribution in [0.1, 0.15) is 38.2 Å². The average Bonchev–Trinajstić information content (AvgIpc) is 3.35. The second kappa shape index (κ2) is 6.11. The van der Waals surface area contributed by atoms with Crippen LogP contribution in [0.2, 0.25) is 0 Å². The van der Waals surface area contributed by atoms with E-state index in [0.717, 1.165) is 31.5 Å². The summed E-state index contributed by atoms with van der Waals surface area (Å²) in [5, 5.41) is 2.94. The largest absolute Gasteiger partial charge is 0.351 e. The Morgan fingerprint density at radius 1 is 1.18 bits per heavy atom. The zero-order chi connectivity index (χ0) is 15.6. The molecule has 0 atom stereocenters. The molecule has 0 aromatic heterocycles. The molecule has 2 aliphatic rings. The zero-order valence-electron chi connectivity index (χ0n) is 13.2. The minimum absolute atomic E-state index is 0.0463. The summed E-state index contributed by atoms with van der Waals surface area (Å²) in [5.41, 5.74) is 0.293. The summed E-state index contributed by atoms with van der Waals surface area (Å²) in [4.78, 5) is 27.1. The first-order valence-electron chi connectivity index (χ1n) is 8.23. The standard InChI is InChI=1S/C18H24N2O2/c1-14-7-11-20(12-8-14)17(22)18(9-10-18)16(21)19-13-15-5-3-2-4-6-15/h2-6,14H,7-13H2,1H3,(H,19,21). The van der Waals surface area contributed by atoms with Gasteiger partial charge in [0.1, 0.15) is 5.41 Å². The van der Waals surface area contributed by atoms with E-state index in [1.54, 1.807) is 0 Å². The molecule has 1 aromatic rings. The third-order valence-electron chi connectivity index (χ3n) is 4.96. The molecule has 1 saturated heterocycles. The maximum absolute atomic E-state index is 12.7. The number of carbonyl (C=O) groups excluding carboxylic acids is 2. The molecule has 3 rings (SSSR count). The van der Waals surface area contributed by atoms with Crippen LogP contribution in [0.25, 0.3) is 0 Å². The van der Waals surface area contributed by atoms with Gasteiger partial charge < -0.3 is 10.2 Å². The fourth-order valence-corrected chi connectivity index (χ4v) is 3.12. The summed E-state index contributed by atoms with van der Waals surface area (Å²) in [7, 11) is 0. The summed E-state index contributed by atoms with van der Waals surface area (Å²) in [5.74, 6) is 0.635. The second-order valence-corrected chi connectivity index (χ2v) is 6.73. The molecule has 0 bridgehead atoms. The van der Waals surface area contributed by atoms with Gasteiger partial charge in [0.05, 0.1) is 0 Å². The van der Waals surface area contributed by atoms with E-state index in [0.29, 0.717) is 25.3 Å². The molecule has 2 amide bonds. The van der Waals surface area contributed by atoms with Crippen LogP contribution in [-0.4, -0.2) is 29.8 Å². The van der Waals surface area contributed by atoms with E-state index < -0.39 is 5.41 Å². The lowest BCUT2D eigenvalue weighted by molar-refractivity contribution is -0.145. The van der Waals surface area contributed by atoms with Gasteiger partial charge in [-0.3, -0.25) is 9.59 Å². The third-order valence-corrected chi connectivity index (χ3v) is 4.96. The molecular formula is C18H24N2O2. The highest BCUT2D eigenvalue weighted by Gasteiger charge is 2.57.